The van der Waals surface area contributed by atoms with Crippen LogP contribution in [-0.2, 0) is 0 Å². The van der Waals surface area contributed by atoms with Crippen LogP contribution < -0.4 is 5.32 Å². The van der Waals surface area contributed by atoms with E-state index >= 15 is 0 Å². The molecule has 1 aromatic rings. The van der Waals surface area contributed by atoms with Crippen LogP contribution in [0.25, 0.3) is 0 Å². The molecule has 2 rings (SSSR count). The first-order valence-electron chi connectivity index (χ1n) is 7.31. The summed E-state index contributed by atoms with van der Waals surface area (Å²) >= 11 is 12.4. The molecule has 0 saturated heterocycles. The second kappa shape index (κ2) is 6.65. The Morgan fingerprint density at radius 2 is 1.90 bits per heavy atom. The highest BCUT2D eigenvalue weighted by Crippen LogP contribution is 2.34. The summed E-state index contributed by atoms with van der Waals surface area (Å²) in [5.41, 5.74) is 1.37. The summed E-state index contributed by atoms with van der Waals surface area (Å²) in [4.78, 5) is 2.37. The number of hydrogen-bond donors (Lipinski definition) is 1. The smallest absolute Gasteiger partial charge is 0.0639 e. The van der Waals surface area contributed by atoms with Gasteiger partial charge in [0, 0.05) is 18.1 Å². The molecular formula is C16H24Cl2N2. The van der Waals surface area contributed by atoms with Crippen LogP contribution in [0.3, 0.4) is 0 Å². The zero-order valence-electron chi connectivity index (χ0n) is 12.5. The van der Waals surface area contributed by atoms with Crippen molar-refractivity contribution in [2.75, 3.05) is 20.6 Å². The quantitative estimate of drug-likeness (QED) is 0.859. The topological polar surface area (TPSA) is 15.3 Å². The second-order valence-electron chi connectivity index (χ2n) is 6.07. The van der Waals surface area contributed by atoms with Crippen LogP contribution in [0.4, 0.5) is 0 Å². The second-order valence-corrected chi connectivity index (χ2v) is 6.86. The molecule has 0 aromatic heterocycles. The molecule has 0 amide bonds. The molecule has 0 spiro atoms. The molecule has 1 unspecified atom stereocenters. The molecule has 1 aromatic carbocycles. The van der Waals surface area contributed by atoms with Gasteiger partial charge in [-0.1, -0.05) is 48.2 Å². The Kier molecular flexibility index (Phi) is 5.36. The summed E-state index contributed by atoms with van der Waals surface area (Å²) in [7, 11) is 4.37. The Morgan fingerprint density at radius 3 is 2.50 bits per heavy atom. The fraction of sp³-hybridized carbons (Fsp3) is 0.625. The van der Waals surface area contributed by atoms with Gasteiger partial charge in [0.15, 0.2) is 0 Å². The van der Waals surface area contributed by atoms with Gasteiger partial charge in [-0.3, -0.25) is 0 Å². The first kappa shape index (κ1) is 16.1. The van der Waals surface area contributed by atoms with Crippen molar-refractivity contribution in [2.45, 2.75) is 44.2 Å². The molecule has 0 bridgehead atoms. The number of hydrogen-bond acceptors (Lipinski definition) is 2. The Labute approximate surface area is 132 Å². The summed E-state index contributed by atoms with van der Waals surface area (Å²) in [6.45, 7) is 3.14. The third kappa shape index (κ3) is 3.30. The lowest BCUT2D eigenvalue weighted by atomic mass is 9.95. The maximum Gasteiger partial charge on any atom is 0.0639 e. The third-order valence-corrected chi connectivity index (χ3v) is 5.50. The van der Waals surface area contributed by atoms with Crippen molar-refractivity contribution in [3.05, 3.63) is 33.8 Å². The van der Waals surface area contributed by atoms with Crippen molar-refractivity contribution in [2.24, 2.45) is 0 Å². The molecule has 1 atom stereocenters. The van der Waals surface area contributed by atoms with Crippen LogP contribution in [0.1, 0.15) is 44.2 Å². The summed E-state index contributed by atoms with van der Waals surface area (Å²) in [6, 6.07) is 6.04. The summed E-state index contributed by atoms with van der Waals surface area (Å²) in [6.07, 6.45) is 5.18. The fourth-order valence-electron chi connectivity index (χ4n) is 3.12. The van der Waals surface area contributed by atoms with E-state index in [1.807, 2.05) is 18.2 Å². The van der Waals surface area contributed by atoms with Crippen molar-refractivity contribution in [1.82, 2.24) is 10.2 Å². The Balaban J connectivity index is 2.04. The van der Waals surface area contributed by atoms with Crippen molar-refractivity contribution in [1.29, 1.82) is 0 Å². The lowest BCUT2D eigenvalue weighted by molar-refractivity contribution is 0.150. The fourth-order valence-corrected chi connectivity index (χ4v) is 3.59. The molecule has 0 radical (unpaired) electrons. The molecule has 0 aliphatic heterocycles. The molecule has 0 heterocycles. The highest BCUT2D eigenvalue weighted by Gasteiger charge is 2.35. The van der Waals surface area contributed by atoms with Crippen LogP contribution in [0, 0.1) is 0 Å². The minimum absolute atomic E-state index is 0.207. The van der Waals surface area contributed by atoms with Gasteiger partial charge in [0.2, 0.25) is 0 Å². The maximum absolute atomic E-state index is 6.30. The largest absolute Gasteiger partial charge is 0.308 e. The van der Waals surface area contributed by atoms with Gasteiger partial charge in [0.05, 0.1) is 10.0 Å². The van der Waals surface area contributed by atoms with E-state index in [2.05, 4.69) is 31.2 Å². The molecule has 20 heavy (non-hydrogen) atoms. The lowest BCUT2D eigenvalue weighted by Crippen LogP contribution is -2.50. The summed E-state index contributed by atoms with van der Waals surface area (Å²) in [5, 5.41) is 4.94. The van der Waals surface area contributed by atoms with E-state index in [4.69, 9.17) is 23.2 Å². The van der Waals surface area contributed by atoms with E-state index in [1.54, 1.807) is 0 Å². The molecule has 1 fully saturated rings. The highest BCUT2D eigenvalue weighted by molar-refractivity contribution is 6.42. The summed E-state index contributed by atoms with van der Waals surface area (Å²) in [5.74, 6) is 0. The minimum Gasteiger partial charge on any atom is -0.308 e. The molecule has 112 valence electrons. The van der Waals surface area contributed by atoms with Crippen molar-refractivity contribution in [3.8, 4) is 0 Å². The number of benzene rings is 1. The van der Waals surface area contributed by atoms with Gasteiger partial charge in [0.1, 0.15) is 0 Å². The predicted molar refractivity (Wildman–Crippen MR) is 87.8 cm³/mol. The SMILES string of the molecule is CC(NCC1(N(C)C)CCCC1)c1cccc(Cl)c1Cl. The Bertz CT molecular complexity index is 454. The minimum atomic E-state index is 0.207. The van der Waals surface area contributed by atoms with Crippen molar-refractivity contribution >= 4 is 23.2 Å². The van der Waals surface area contributed by atoms with Gasteiger partial charge < -0.3 is 10.2 Å². The zero-order valence-corrected chi connectivity index (χ0v) is 14.1. The normalized spacial score (nSPS) is 19.5. The van der Waals surface area contributed by atoms with Crippen LogP contribution >= 0.6 is 23.2 Å². The average Bonchev–Trinajstić information content (AvgIpc) is 2.89. The van der Waals surface area contributed by atoms with Crippen molar-refractivity contribution < 1.29 is 0 Å². The molecule has 2 nitrogen and oxygen atoms in total. The highest BCUT2D eigenvalue weighted by atomic mass is 35.5. The summed E-state index contributed by atoms with van der Waals surface area (Å²) < 4.78 is 0. The number of halogens is 2. The van der Waals surface area contributed by atoms with E-state index < -0.39 is 0 Å². The maximum atomic E-state index is 6.30. The predicted octanol–water partition coefficient (Wildman–Crippen LogP) is 4.52. The Morgan fingerprint density at radius 1 is 1.25 bits per heavy atom. The van der Waals surface area contributed by atoms with Crippen molar-refractivity contribution in [3.63, 3.8) is 0 Å². The van der Waals surface area contributed by atoms with E-state index in [-0.39, 0.29) is 6.04 Å². The number of likely N-dealkylation sites (N-methyl/N-ethyl adjacent to an activating group) is 1. The number of nitrogens with one attached hydrogen (secondary N) is 1. The van der Waals surface area contributed by atoms with Crippen LogP contribution in [0.15, 0.2) is 18.2 Å². The molecule has 1 N–H and O–H groups in total. The van der Waals surface area contributed by atoms with E-state index in [0.29, 0.717) is 15.6 Å². The van der Waals surface area contributed by atoms with E-state index in [9.17, 15) is 0 Å². The third-order valence-electron chi connectivity index (χ3n) is 4.67. The molecule has 4 heteroatoms. The standard InChI is InChI=1S/C16H24Cl2N2/c1-12(13-7-6-8-14(17)15(13)18)19-11-16(20(2)3)9-4-5-10-16/h6-8,12,19H,4-5,9-11H2,1-3H3. The van der Waals surface area contributed by atoms with Crippen LogP contribution in [0.5, 0.6) is 0 Å². The first-order valence-corrected chi connectivity index (χ1v) is 8.06. The first-order chi connectivity index (χ1) is 9.46. The van der Waals surface area contributed by atoms with Gasteiger partial charge >= 0.3 is 0 Å². The monoisotopic (exact) mass is 314 g/mol. The van der Waals surface area contributed by atoms with Gasteiger partial charge in [-0.05, 0) is 45.5 Å². The van der Waals surface area contributed by atoms with Gasteiger partial charge in [-0.25, -0.2) is 0 Å². The van der Waals surface area contributed by atoms with Gasteiger partial charge in [0.25, 0.3) is 0 Å². The van der Waals surface area contributed by atoms with Gasteiger partial charge in [-0.2, -0.15) is 0 Å². The zero-order chi connectivity index (χ0) is 14.8. The molecule has 1 saturated carbocycles. The molecular weight excluding hydrogens is 291 g/mol. The average molecular weight is 315 g/mol. The van der Waals surface area contributed by atoms with Gasteiger partial charge in [-0.15, -0.1) is 0 Å². The molecule has 1 aliphatic rings. The van der Waals surface area contributed by atoms with E-state index in [1.165, 1.54) is 25.7 Å². The van der Waals surface area contributed by atoms with Crippen LogP contribution in [0.2, 0.25) is 10.0 Å². The number of rotatable bonds is 5. The number of nitrogens with zero attached hydrogens (tertiary/aromatic N) is 1. The Hall–Kier alpha value is -0.280. The van der Waals surface area contributed by atoms with Crippen LogP contribution in [-0.4, -0.2) is 31.1 Å². The lowest BCUT2D eigenvalue weighted by Gasteiger charge is -2.37. The van der Waals surface area contributed by atoms with E-state index in [0.717, 1.165) is 12.1 Å². The molecule has 1 aliphatic carbocycles.